The number of rotatable bonds is 4. The van der Waals surface area contributed by atoms with Crippen LogP contribution in [0.3, 0.4) is 0 Å². The van der Waals surface area contributed by atoms with E-state index < -0.39 is 10.1 Å². The first-order valence-electron chi connectivity index (χ1n) is 6.37. The summed E-state index contributed by atoms with van der Waals surface area (Å²) < 4.78 is 29.0. The summed E-state index contributed by atoms with van der Waals surface area (Å²) in [5.41, 5.74) is 0.995. The molecule has 4 nitrogen and oxygen atoms in total. The van der Waals surface area contributed by atoms with Gasteiger partial charge in [-0.2, -0.15) is 8.42 Å². The molecule has 104 valence electrons. The maximum Gasteiger partial charge on any atom is 0.296 e. The molecule has 0 N–H and O–H groups in total. The van der Waals surface area contributed by atoms with Crippen LogP contribution in [0, 0.1) is 18.8 Å². The Hall–Kier alpha value is -1.20. The van der Waals surface area contributed by atoms with Gasteiger partial charge in [-0.15, -0.1) is 0 Å². The van der Waals surface area contributed by atoms with Crippen LogP contribution in [0.25, 0.3) is 0 Å². The lowest BCUT2D eigenvalue weighted by Crippen LogP contribution is -2.13. The van der Waals surface area contributed by atoms with Gasteiger partial charge < -0.3 is 0 Å². The van der Waals surface area contributed by atoms with Gasteiger partial charge in [-0.1, -0.05) is 24.6 Å². The largest absolute Gasteiger partial charge is 0.299 e. The number of hydrogen-bond donors (Lipinski definition) is 0. The molecular weight excluding hydrogens is 264 g/mol. The van der Waals surface area contributed by atoms with Crippen molar-refractivity contribution in [3.05, 3.63) is 29.8 Å². The number of Topliss-reactive ketones (excluding diaryl/α,β-unsaturated/α-hetero) is 1. The van der Waals surface area contributed by atoms with Crippen molar-refractivity contribution in [2.45, 2.75) is 31.6 Å². The molecule has 1 aliphatic carbocycles. The van der Waals surface area contributed by atoms with Crippen LogP contribution in [0.4, 0.5) is 0 Å². The van der Waals surface area contributed by atoms with Crippen LogP contribution in [0.1, 0.15) is 25.3 Å². The summed E-state index contributed by atoms with van der Waals surface area (Å²) >= 11 is 0. The van der Waals surface area contributed by atoms with Crippen molar-refractivity contribution in [1.82, 2.24) is 0 Å². The zero-order valence-electron chi connectivity index (χ0n) is 11.1. The predicted octanol–water partition coefficient (Wildman–Crippen LogP) is 2.32. The van der Waals surface area contributed by atoms with Crippen molar-refractivity contribution in [3.8, 4) is 0 Å². The van der Waals surface area contributed by atoms with E-state index in [9.17, 15) is 13.2 Å². The van der Waals surface area contributed by atoms with Crippen molar-refractivity contribution in [1.29, 1.82) is 0 Å². The van der Waals surface area contributed by atoms with E-state index in [0.29, 0.717) is 12.8 Å². The summed E-state index contributed by atoms with van der Waals surface area (Å²) in [6.45, 7) is 3.85. The average Bonchev–Trinajstić information content (AvgIpc) is 2.67. The molecule has 0 heterocycles. The van der Waals surface area contributed by atoms with Crippen LogP contribution in [-0.4, -0.2) is 20.8 Å². The van der Waals surface area contributed by atoms with E-state index in [1.807, 2.05) is 13.8 Å². The monoisotopic (exact) mass is 282 g/mol. The molecule has 0 amide bonds. The number of ketones is 1. The second-order valence-corrected chi connectivity index (χ2v) is 6.84. The molecule has 1 saturated carbocycles. The normalized spacial score (nSPS) is 23.8. The quantitative estimate of drug-likeness (QED) is 0.795. The Bertz CT molecular complexity index is 560. The number of aryl methyl sites for hydroxylation is 1. The van der Waals surface area contributed by atoms with E-state index in [1.165, 1.54) is 12.1 Å². The highest BCUT2D eigenvalue weighted by molar-refractivity contribution is 7.86. The zero-order chi connectivity index (χ0) is 14.0. The number of hydrogen-bond acceptors (Lipinski definition) is 4. The van der Waals surface area contributed by atoms with E-state index in [2.05, 4.69) is 0 Å². The van der Waals surface area contributed by atoms with Gasteiger partial charge in [-0.05, 0) is 31.4 Å². The summed E-state index contributed by atoms with van der Waals surface area (Å²) in [6.07, 6.45) is 1.13. The van der Waals surface area contributed by atoms with Gasteiger partial charge in [0.05, 0.1) is 11.5 Å². The molecule has 0 saturated heterocycles. The van der Waals surface area contributed by atoms with E-state index in [0.717, 1.165) is 5.56 Å². The van der Waals surface area contributed by atoms with E-state index in [1.54, 1.807) is 12.1 Å². The Morgan fingerprint density at radius 1 is 1.26 bits per heavy atom. The van der Waals surface area contributed by atoms with Crippen molar-refractivity contribution < 1.29 is 17.4 Å². The summed E-state index contributed by atoms with van der Waals surface area (Å²) in [5.74, 6) is 0.236. The molecule has 0 unspecified atom stereocenters. The SMILES string of the molecule is Cc1ccc(S(=O)(=O)OC[C@H]2CC(=O)[C@H](C)C2)cc1. The molecule has 0 radical (unpaired) electrons. The van der Waals surface area contributed by atoms with Crippen LogP contribution in [-0.2, 0) is 19.1 Å². The molecule has 0 spiro atoms. The first-order valence-corrected chi connectivity index (χ1v) is 7.78. The standard InChI is InChI=1S/C14H18O4S/c1-10-3-5-13(6-4-10)19(16,17)18-9-12-7-11(2)14(15)8-12/h3-6,11-12H,7-9H2,1-2H3/t11-,12-/m1/s1. The Kier molecular flexibility index (Phi) is 4.06. The molecule has 0 bridgehead atoms. The Labute approximate surface area is 113 Å². The third-order valence-electron chi connectivity index (χ3n) is 3.49. The van der Waals surface area contributed by atoms with Gasteiger partial charge in [0.1, 0.15) is 5.78 Å². The maximum atomic E-state index is 12.0. The van der Waals surface area contributed by atoms with Crippen molar-refractivity contribution in [2.24, 2.45) is 11.8 Å². The summed E-state index contributed by atoms with van der Waals surface area (Å²) in [5, 5.41) is 0. The highest BCUT2D eigenvalue weighted by Gasteiger charge is 2.30. The molecule has 0 aliphatic heterocycles. The first kappa shape index (κ1) is 14.2. The van der Waals surface area contributed by atoms with E-state index >= 15 is 0 Å². The second-order valence-electron chi connectivity index (χ2n) is 5.22. The molecule has 2 atom stereocenters. The van der Waals surface area contributed by atoms with Crippen LogP contribution >= 0.6 is 0 Å². The molecule has 0 aromatic heterocycles. The van der Waals surface area contributed by atoms with Crippen LogP contribution < -0.4 is 0 Å². The lowest BCUT2D eigenvalue weighted by atomic mass is 10.1. The van der Waals surface area contributed by atoms with Gasteiger partial charge in [-0.3, -0.25) is 8.98 Å². The van der Waals surface area contributed by atoms with Crippen LogP contribution in [0.2, 0.25) is 0 Å². The second kappa shape index (κ2) is 5.43. The first-order chi connectivity index (χ1) is 8.88. The molecule has 19 heavy (non-hydrogen) atoms. The maximum absolute atomic E-state index is 12.0. The average molecular weight is 282 g/mol. The minimum atomic E-state index is -3.71. The third-order valence-corrected chi connectivity index (χ3v) is 4.79. The van der Waals surface area contributed by atoms with Gasteiger partial charge >= 0.3 is 0 Å². The summed E-state index contributed by atoms with van der Waals surface area (Å²) in [4.78, 5) is 11.6. The lowest BCUT2D eigenvalue weighted by molar-refractivity contribution is -0.120. The van der Waals surface area contributed by atoms with Gasteiger partial charge in [-0.25, -0.2) is 0 Å². The predicted molar refractivity (Wildman–Crippen MR) is 71.2 cm³/mol. The number of benzene rings is 1. The van der Waals surface area contributed by atoms with Crippen molar-refractivity contribution in [3.63, 3.8) is 0 Å². The molecule has 1 aromatic carbocycles. The Morgan fingerprint density at radius 2 is 1.89 bits per heavy atom. The van der Waals surface area contributed by atoms with Gasteiger partial charge in [0.15, 0.2) is 0 Å². The molecular formula is C14H18O4S. The zero-order valence-corrected chi connectivity index (χ0v) is 11.9. The topological polar surface area (TPSA) is 60.4 Å². The highest BCUT2D eigenvalue weighted by Crippen LogP contribution is 2.28. The highest BCUT2D eigenvalue weighted by atomic mass is 32.2. The summed E-state index contributed by atoms with van der Waals surface area (Å²) in [6, 6.07) is 6.54. The smallest absolute Gasteiger partial charge is 0.296 e. The molecule has 5 heteroatoms. The van der Waals surface area contributed by atoms with Crippen molar-refractivity contribution in [2.75, 3.05) is 6.61 Å². The Balaban J connectivity index is 1.99. The Morgan fingerprint density at radius 3 is 2.42 bits per heavy atom. The van der Waals surface area contributed by atoms with E-state index in [-0.39, 0.29) is 29.1 Å². The van der Waals surface area contributed by atoms with Gasteiger partial charge in [0.2, 0.25) is 0 Å². The molecule has 1 aliphatic rings. The minimum Gasteiger partial charge on any atom is -0.299 e. The van der Waals surface area contributed by atoms with Crippen LogP contribution in [0.5, 0.6) is 0 Å². The molecule has 2 rings (SSSR count). The van der Waals surface area contributed by atoms with Gasteiger partial charge in [0, 0.05) is 12.3 Å². The van der Waals surface area contributed by atoms with E-state index in [4.69, 9.17) is 4.18 Å². The fourth-order valence-electron chi connectivity index (χ4n) is 2.29. The third kappa shape index (κ3) is 3.42. The molecule has 1 aromatic rings. The molecule has 1 fully saturated rings. The lowest BCUT2D eigenvalue weighted by Gasteiger charge is -2.10. The fourth-order valence-corrected chi connectivity index (χ4v) is 3.26. The van der Waals surface area contributed by atoms with Crippen LogP contribution in [0.15, 0.2) is 29.2 Å². The number of carbonyl (C=O) groups is 1. The minimum absolute atomic E-state index is 0.0164. The summed E-state index contributed by atoms with van der Waals surface area (Å²) in [7, 11) is -3.71. The van der Waals surface area contributed by atoms with Crippen molar-refractivity contribution >= 4 is 15.9 Å². The fraction of sp³-hybridized carbons (Fsp3) is 0.500. The number of carbonyl (C=O) groups excluding carboxylic acids is 1. The van der Waals surface area contributed by atoms with Gasteiger partial charge in [0.25, 0.3) is 10.1 Å².